The van der Waals surface area contributed by atoms with Crippen LogP contribution in [0.3, 0.4) is 0 Å². The SMILES string of the molecule is Clc1ccccc1CN1CC2(C[C@@H](Oc3ncccn3)CCO2)C1. The number of rotatable bonds is 4. The fourth-order valence-electron chi connectivity index (χ4n) is 3.55. The first-order valence-corrected chi connectivity index (χ1v) is 8.64. The summed E-state index contributed by atoms with van der Waals surface area (Å²) in [5.74, 6) is 0. The van der Waals surface area contributed by atoms with Crippen molar-refractivity contribution in [1.82, 2.24) is 14.9 Å². The van der Waals surface area contributed by atoms with Crippen molar-refractivity contribution in [2.24, 2.45) is 0 Å². The van der Waals surface area contributed by atoms with Crippen LogP contribution in [0.4, 0.5) is 0 Å². The summed E-state index contributed by atoms with van der Waals surface area (Å²) in [5.41, 5.74) is 1.06. The molecular formula is C18H20ClN3O2. The van der Waals surface area contributed by atoms with Crippen LogP contribution in [0.25, 0.3) is 0 Å². The second kappa shape index (κ2) is 6.67. The summed E-state index contributed by atoms with van der Waals surface area (Å²) in [5, 5.41) is 0.824. The van der Waals surface area contributed by atoms with Crippen LogP contribution in [0.1, 0.15) is 18.4 Å². The quantitative estimate of drug-likeness (QED) is 0.852. The molecule has 2 aromatic rings. The maximum Gasteiger partial charge on any atom is 0.316 e. The summed E-state index contributed by atoms with van der Waals surface area (Å²) >= 11 is 6.25. The molecule has 0 amide bonds. The molecule has 4 rings (SSSR count). The Labute approximate surface area is 146 Å². The minimum atomic E-state index is -0.0983. The van der Waals surface area contributed by atoms with Crippen molar-refractivity contribution in [3.05, 3.63) is 53.3 Å². The molecule has 24 heavy (non-hydrogen) atoms. The fraction of sp³-hybridized carbons (Fsp3) is 0.444. The lowest BCUT2D eigenvalue weighted by atomic mass is 9.84. The highest BCUT2D eigenvalue weighted by molar-refractivity contribution is 6.31. The van der Waals surface area contributed by atoms with Crippen LogP contribution in [0.15, 0.2) is 42.7 Å². The first kappa shape index (κ1) is 15.8. The van der Waals surface area contributed by atoms with Crippen LogP contribution in [-0.4, -0.2) is 46.3 Å². The molecule has 3 heterocycles. The molecule has 1 atom stereocenters. The molecule has 2 aliphatic rings. The van der Waals surface area contributed by atoms with Crippen LogP contribution >= 0.6 is 11.6 Å². The summed E-state index contributed by atoms with van der Waals surface area (Å²) in [4.78, 5) is 10.7. The Morgan fingerprint density at radius 1 is 1.21 bits per heavy atom. The minimum absolute atomic E-state index is 0.0983. The zero-order valence-electron chi connectivity index (χ0n) is 13.4. The fourth-order valence-corrected chi connectivity index (χ4v) is 3.74. The zero-order valence-corrected chi connectivity index (χ0v) is 14.2. The minimum Gasteiger partial charge on any atom is -0.460 e. The normalized spacial score (nSPS) is 23.0. The van der Waals surface area contributed by atoms with Crippen LogP contribution < -0.4 is 4.74 Å². The van der Waals surface area contributed by atoms with Gasteiger partial charge in [0.25, 0.3) is 0 Å². The van der Waals surface area contributed by atoms with E-state index in [2.05, 4.69) is 20.9 Å². The molecule has 2 aliphatic heterocycles. The molecule has 0 saturated carbocycles. The number of nitrogens with zero attached hydrogens (tertiary/aromatic N) is 3. The first-order chi connectivity index (χ1) is 11.7. The molecule has 0 unspecified atom stereocenters. The molecule has 2 saturated heterocycles. The van der Waals surface area contributed by atoms with Crippen molar-refractivity contribution in [3.63, 3.8) is 0 Å². The predicted molar refractivity (Wildman–Crippen MR) is 91.1 cm³/mol. The predicted octanol–water partition coefficient (Wildman–Crippen LogP) is 2.94. The van der Waals surface area contributed by atoms with Gasteiger partial charge in [0.1, 0.15) is 6.10 Å². The number of likely N-dealkylation sites (tertiary alicyclic amines) is 1. The Hall–Kier alpha value is -1.69. The van der Waals surface area contributed by atoms with Gasteiger partial charge in [0.2, 0.25) is 0 Å². The second-order valence-corrected chi connectivity index (χ2v) is 6.94. The summed E-state index contributed by atoms with van der Waals surface area (Å²) in [6.45, 7) is 3.40. The van der Waals surface area contributed by atoms with E-state index in [1.165, 1.54) is 0 Å². The zero-order chi connectivity index (χ0) is 16.4. The van der Waals surface area contributed by atoms with Crippen molar-refractivity contribution < 1.29 is 9.47 Å². The van der Waals surface area contributed by atoms with Crippen molar-refractivity contribution in [2.45, 2.75) is 31.1 Å². The Kier molecular flexibility index (Phi) is 4.39. The molecule has 126 valence electrons. The third-order valence-corrected chi connectivity index (χ3v) is 5.01. The largest absolute Gasteiger partial charge is 0.460 e. The van der Waals surface area contributed by atoms with Gasteiger partial charge in [0.15, 0.2) is 0 Å². The average molecular weight is 346 g/mol. The third-order valence-electron chi connectivity index (χ3n) is 4.64. The lowest BCUT2D eigenvalue weighted by molar-refractivity contribution is -0.188. The van der Waals surface area contributed by atoms with Gasteiger partial charge >= 0.3 is 6.01 Å². The van der Waals surface area contributed by atoms with Crippen LogP contribution in [0, 0.1) is 0 Å². The molecule has 0 bridgehead atoms. The summed E-state index contributed by atoms with van der Waals surface area (Å²) < 4.78 is 12.0. The molecule has 0 N–H and O–H groups in total. The number of halogens is 1. The van der Waals surface area contributed by atoms with Crippen LogP contribution in [-0.2, 0) is 11.3 Å². The van der Waals surface area contributed by atoms with Crippen molar-refractivity contribution >= 4 is 11.6 Å². The molecule has 0 aliphatic carbocycles. The van der Waals surface area contributed by atoms with Gasteiger partial charge in [-0.25, -0.2) is 9.97 Å². The summed E-state index contributed by atoms with van der Waals surface area (Å²) in [6.07, 6.45) is 5.27. The summed E-state index contributed by atoms with van der Waals surface area (Å²) in [6, 6.07) is 10.2. The second-order valence-electron chi connectivity index (χ2n) is 6.53. The maximum absolute atomic E-state index is 6.25. The molecule has 6 heteroatoms. The number of aromatic nitrogens is 2. The number of benzene rings is 1. The third kappa shape index (κ3) is 3.38. The van der Waals surface area contributed by atoms with Crippen molar-refractivity contribution in [3.8, 4) is 6.01 Å². The van der Waals surface area contributed by atoms with E-state index in [0.717, 1.165) is 49.7 Å². The van der Waals surface area contributed by atoms with Gasteiger partial charge in [-0.2, -0.15) is 0 Å². The smallest absolute Gasteiger partial charge is 0.316 e. The van der Waals surface area contributed by atoms with Gasteiger partial charge in [0.05, 0.1) is 12.2 Å². The Bertz CT molecular complexity index is 692. The monoisotopic (exact) mass is 345 g/mol. The number of ether oxygens (including phenoxy) is 2. The standard InChI is InChI=1S/C18H20ClN3O2/c19-16-5-2-1-4-14(16)11-22-12-18(13-22)10-15(6-9-23-18)24-17-20-7-3-8-21-17/h1-5,7-8,15H,6,9-13H2/t15-/m0/s1. The van der Waals surface area contributed by atoms with E-state index >= 15 is 0 Å². The van der Waals surface area contributed by atoms with E-state index in [4.69, 9.17) is 21.1 Å². The number of hydrogen-bond donors (Lipinski definition) is 0. The van der Waals surface area contributed by atoms with E-state index in [1.54, 1.807) is 18.5 Å². The average Bonchev–Trinajstić information content (AvgIpc) is 2.57. The Balaban J connectivity index is 1.33. The lowest BCUT2D eigenvalue weighted by Gasteiger charge is -2.53. The lowest BCUT2D eigenvalue weighted by Crippen LogP contribution is -2.65. The van der Waals surface area contributed by atoms with Gasteiger partial charge in [-0.05, 0) is 17.7 Å². The molecule has 1 spiro atoms. The van der Waals surface area contributed by atoms with Crippen LogP contribution in [0.2, 0.25) is 5.02 Å². The Morgan fingerprint density at radius 3 is 2.79 bits per heavy atom. The first-order valence-electron chi connectivity index (χ1n) is 8.26. The van der Waals surface area contributed by atoms with Gasteiger partial charge in [0, 0.05) is 49.9 Å². The number of hydrogen-bond acceptors (Lipinski definition) is 5. The van der Waals surface area contributed by atoms with Gasteiger partial charge in [-0.3, -0.25) is 4.90 Å². The van der Waals surface area contributed by atoms with E-state index in [1.807, 2.05) is 18.2 Å². The van der Waals surface area contributed by atoms with E-state index in [-0.39, 0.29) is 11.7 Å². The van der Waals surface area contributed by atoms with E-state index in [0.29, 0.717) is 6.01 Å². The highest BCUT2D eigenvalue weighted by atomic mass is 35.5. The van der Waals surface area contributed by atoms with Gasteiger partial charge in [-0.1, -0.05) is 29.8 Å². The molecule has 0 radical (unpaired) electrons. The van der Waals surface area contributed by atoms with Crippen LogP contribution in [0.5, 0.6) is 6.01 Å². The molecular weight excluding hydrogens is 326 g/mol. The molecule has 1 aromatic carbocycles. The van der Waals surface area contributed by atoms with E-state index < -0.39 is 0 Å². The van der Waals surface area contributed by atoms with Crippen molar-refractivity contribution in [1.29, 1.82) is 0 Å². The topological polar surface area (TPSA) is 47.5 Å². The maximum atomic E-state index is 6.25. The highest BCUT2D eigenvalue weighted by Crippen LogP contribution is 2.36. The van der Waals surface area contributed by atoms with E-state index in [9.17, 15) is 0 Å². The van der Waals surface area contributed by atoms with Gasteiger partial charge in [-0.15, -0.1) is 0 Å². The highest BCUT2D eigenvalue weighted by Gasteiger charge is 2.48. The molecule has 2 fully saturated rings. The molecule has 1 aromatic heterocycles. The molecule has 5 nitrogen and oxygen atoms in total. The Morgan fingerprint density at radius 2 is 2.00 bits per heavy atom. The van der Waals surface area contributed by atoms with Crippen molar-refractivity contribution in [2.75, 3.05) is 19.7 Å². The van der Waals surface area contributed by atoms with Gasteiger partial charge < -0.3 is 9.47 Å². The summed E-state index contributed by atoms with van der Waals surface area (Å²) in [7, 11) is 0.